The van der Waals surface area contributed by atoms with Crippen molar-refractivity contribution in [2.75, 3.05) is 23.3 Å². The fourth-order valence-electron chi connectivity index (χ4n) is 5.72. The molecular formula is C31H28N2O. The molecule has 4 aromatic rings. The fourth-order valence-corrected chi connectivity index (χ4v) is 5.72. The Morgan fingerprint density at radius 2 is 1.15 bits per heavy atom. The first kappa shape index (κ1) is 20.7. The predicted molar refractivity (Wildman–Crippen MR) is 139 cm³/mol. The normalized spacial score (nSPS) is 18.8. The number of rotatable bonds is 4. The molecule has 0 bridgehead atoms. The van der Waals surface area contributed by atoms with E-state index in [4.69, 9.17) is 0 Å². The summed E-state index contributed by atoms with van der Waals surface area (Å²) >= 11 is 0. The molecule has 2 heterocycles. The molecule has 3 nitrogen and oxygen atoms in total. The summed E-state index contributed by atoms with van der Waals surface area (Å²) in [6.45, 7) is 2.13. The highest BCUT2D eigenvalue weighted by Gasteiger charge is 2.35. The number of benzene rings is 4. The molecule has 2 unspecified atom stereocenters. The van der Waals surface area contributed by atoms with Crippen molar-refractivity contribution in [1.82, 2.24) is 0 Å². The zero-order valence-electron chi connectivity index (χ0n) is 19.2. The highest BCUT2D eigenvalue weighted by Crippen LogP contribution is 2.49. The van der Waals surface area contributed by atoms with Crippen molar-refractivity contribution in [2.45, 2.75) is 24.7 Å². The number of hydrogen-bond acceptors (Lipinski definition) is 2. The third-order valence-electron chi connectivity index (χ3n) is 7.31. The molecule has 2 aliphatic heterocycles. The van der Waals surface area contributed by atoms with Crippen LogP contribution in [0.5, 0.6) is 0 Å². The Bertz CT molecular complexity index is 1230. The second-order valence-corrected chi connectivity index (χ2v) is 9.31. The molecule has 0 fully saturated rings. The predicted octanol–water partition coefficient (Wildman–Crippen LogP) is 6.82. The smallest absolute Gasteiger partial charge is 0.255 e. The number of amides is 1. The SMILES string of the molecule is O=C(Nc1cc2c3c(c1)C(c1ccccc1)CCN3CCC2c1ccccc1)c1ccccc1. The first-order valence-corrected chi connectivity index (χ1v) is 12.2. The first-order valence-electron chi connectivity index (χ1n) is 12.2. The van der Waals surface area contributed by atoms with Gasteiger partial charge in [0.1, 0.15) is 0 Å². The van der Waals surface area contributed by atoms with Crippen LogP contribution < -0.4 is 10.2 Å². The van der Waals surface area contributed by atoms with Crippen molar-refractivity contribution < 1.29 is 4.79 Å². The maximum absolute atomic E-state index is 13.0. The Kier molecular flexibility index (Phi) is 5.38. The lowest BCUT2D eigenvalue weighted by Gasteiger charge is -2.43. The van der Waals surface area contributed by atoms with Gasteiger partial charge in [-0.05, 0) is 59.4 Å². The average Bonchev–Trinajstić information content (AvgIpc) is 2.90. The van der Waals surface area contributed by atoms with Crippen molar-refractivity contribution in [2.24, 2.45) is 0 Å². The molecule has 2 atom stereocenters. The Labute approximate surface area is 201 Å². The van der Waals surface area contributed by atoms with E-state index < -0.39 is 0 Å². The van der Waals surface area contributed by atoms with Crippen LogP contribution in [0.25, 0.3) is 0 Å². The monoisotopic (exact) mass is 444 g/mol. The van der Waals surface area contributed by atoms with Crippen LogP contribution in [-0.2, 0) is 0 Å². The van der Waals surface area contributed by atoms with Gasteiger partial charge >= 0.3 is 0 Å². The van der Waals surface area contributed by atoms with Gasteiger partial charge in [-0.3, -0.25) is 4.79 Å². The first-order chi connectivity index (χ1) is 16.8. The highest BCUT2D eigenvalue weighted by atomic mass is 16.1. The molecule has 0 radical (unpaired) electrons. The number of hydrogen-bond donors (Lipinski definition) is 1. The molecule has 4 aromatic carbocycles. The summed E-state index contributed by atoms with van der Waals surface area (Å²) in [5.74, 6) is 0.590. The van der Waals surface area contributed by atoms with Gasteiger partial charge in [-0.1, -0.05) is 78.9 Å². The summed E-state index contributed by atoms with van der Waals surface area (Å²) in [6, 6.07) is 35.5. The van der Waals surface area contributed by atoms with Gasteiger partial charge < -0.3 is 10.2 Å². The molecule has 1 N–H and O–H groups in total. The van der Waals surface area contributed by atoms with Gasteiger partial charge in [-0.25, -0.2) is 0 Å². The summed E-state index contributed by atoms with van der Waals surface area (Å²) in [5.41, 5.74) is 8.29. The van der Waals surface area contributed by atoms with Gasteiger partial charge in [0.25, 0.3) is 5.91 Å². The standard InChI is InChI=1S/C31H28N2O/c34-31(24-14-8-3-9-15-24)32-25-20-28-26(22-10-4-1-5-11-22)16-18-33-19-17-27(29(21-25)30(28)33)23-12-6-2-7-13-23/h1-15,20-21,26-27H,16-19H2,(H,32,34). The topological polar surface area (TPSA) is 32.3 Å². The number of carbonyl (C=O) groups is 1. The van der Waals surface area contributed by atoms with Crippen LogP contribution in [0.4, 0.5) is 11.4 Å². The minimum absolute atomic E-state index is 0.0660. The van der Waals surface area contributed by atoms with E-state index in [1.165, 1.54) is 27.9 Å². The molecule has 0 aromatic heterocycles. The zero-order valence-corrected chi connectivity index (χ0v) is 19.2. The van der Waals surface area contributed by atoms with Crippen LogP contribution in [0.2, 0.25) is 0 Å². The van der Waals surface area contributed by atoms with E-state index in [1.807, 2.05) is 30.3 Å². The highest BCUT2D eigenvalue weighted by molar-refractivity contribution is 6.04. The van der Waals surface area contributed by atoms with Crippen LogP contribution >= 0.6 is 0 Å². The molecule has 0 saturated heterocycles. The summed E-state index contributed by atoms with van der Waals surface area (Å²) < 4.78 is 0. The molecular weight excluding hydrogens is 416 g/mol. The third-order valence-corrected chi connectivity index (χ3v) is 7.31. The molecule has 6 rings (SSSR count). The van der Waals surface area contributed by atoms with Crippen LogP contribution in [0.3, 0.4) is 0 Å². The maximum atomic E-state index is 13.0. The molecule has 168 valence electrons. The number of carbonyl (C=O) groups excluding carboxylic acids is 1. The Morgan fingerprint density at radius 3 is 1.65 bits per heavy atom. The van der Waals surface area contributed by atoms with Gasteiger partial charge in [0.15, 0.2) is 0 Å². The van der Waals surface area contributed by atoms with E-state index in [0.717, 1.165) is 31.6 Å². The van der Waals surface area contributed by atoms with Gasteiger partial charge in [0, 0.05) is 41.9 Å². The minimum atomic E-state index is -0.0660. The second-order valence-electron chi connectivity index (χ2n) is 9.31. The van der Waals surface area contributed by atoms with Crippen LogP contribution in [-0.4, -0.2) is 19.0 Å². The number of nitrogens with one attached hydrogen (secondary N) is 1. The van der Waals surface area contributed by atoms with Crippen LogP contribution in [0, 0.1) is 0 Å². The largest absolute Gasteiger partial charge is 0.371 e. The molecule has 2 aliphatic rings. The van der Waals surface area contributed by atoms with Crippen molar-refractivity contribution in [3.8, 4) is 0 Å². The lowest BCUT2D eigenvalue weighted by atomic mass is 9.76. The average molecular weight is 445 g/mol. The van der Waals surface area contributed by atoms with Gasteiger partial charge in [-0.15, -0.1) is 0 Å². The van der Waals surface area contributed by atoms with Crippen molar-refractivity contribution in [1.29, 1.82) is 0 Å². The van der Waals surface area contributed by atoms with Crippen molar-refractivity contribution in [3.63, 3.8) is 0 Å². The van der Waals surface area contributed by atoms with Crippen LogP contribution in [0.15, 0.2) is 103 Å². The third kappa shape index (κ3) is 3.77. The van der Waals surface area contributed by atoms with Gasteiger partial charge in [-0.2, -0.15) is 0 Å². The van der Waals surface area contributed by atoms with E-state index in [1.54, 1.807) is 0 Å². The number of anilines is 2. The summed E-state index contributed by atoms with van der Waals surface area (Å²) in [6.07, 6.45) is 2.17. The van der Waals surface area contributed by atoms with E-state index in [9.17, 15) is 4.79 Å². The Hall–Kier alpha value is -3.85. The second kappa shape index (κ2) is 8.83. The zero-order chi connectivity index (χ0) is 22.9. The van der Waals surface area contributed by atoms with E-state index >= 15 is 0 Å². The molecule has 0 aliphatic carbocycles. The molecule has 34 heavy (non-hydrogen) atoms. The van der Waals surface area contributed by atoms with Gasteiger partial charge in [0.05, 0.1) is 0 Å². The van der Waals surface area contributed by atoms with Gasteiger partial charge in [0.2, 0.25) is 0 Å². The maximum Gasteiger partial charge on any atom is 0.255 e. The fraction of sp³-hybridized carbons (Fsp3) is 0.194. The Balaban J connectivity index is 1.49. The summed E-state index contributed by atoms with van der Waals surface area (Å²) in [4.78, 5) is 15.6. The van der Waals surface area contributed by atoms with E-state index in [0.29, 0.717) is 17.4 Å². The van der Waals surface area contributed by atoms with Crippen LogP contribution in [0.1, 0.15) is 57.3 Å². The lowest BCUT2D eigenvalue weighted by Crippen LogP contribution is -2.37. The Morgan fingerprint density at radius 1 is 0.676 bits per heavy atom. The quantitative estimate of drug-likeness (QED) is 0.375. The van der Waals surface area contributed by atoms with Crippen molar-refractivity contribution in [3.05, 3.63) is 131 Å². The minimum Gasteiger partial charge on any atom is -0.371 e. The molecule has 3 heteroatoms. The van der Waals surface area contributed by atoms with Crippen molar-refractivity contribution >= 4 is 17.3 Å². The molecule has 0 spiro atoms. The van der Waals surface area contributed by atoms with E-state index in [2.05, 4.69) is 83.0 Å². The summed E-state index contributed by atoms with van der Waals surface area (Å²) in [5, 5.41) is 3.21. The lowest BCUT2D eigenvalue weighted by molar-refractivity contribution is 0.102. The number of nitrogens with zero attached hydrogens (tertiary/aromatic N) is 1. The van der Waals surface area contributed by atoms with E-state index in [-0.39, 0.29) is 5.91 Å². The summed E-state index contributed by atoms with van der Waals surface area (Å²) in [7, 11) is 0. The molecule has 1 amide bonds. The molecule has 0 saturated carbocycles.